The van der Waals surface area contributed by atoms with Gasteiger partial charge in [-0.3, -0.25) is 0 Å². The number of thiophene rings is 1. The first-order valence-corrected chi connectivity index (χ1v) is 9.48. The van der Waals surface area contributed by atoms with E-state index in [4.69, 9.17) is 9.97 Å². The lowest BCUT2D eigenvalue weighted by Crippen LogP contribution is -2.19. The Morgan fingerprint density at radius 1 is 1.12 bits per heavy atom. The number of nitrogens with zero attached hydrogens (tertiary/aromatic N) is 3. The van der Waals surface area contributed by atoms with Crippen molar-refractivity contribution in [3.63, 3.8) is 0 Å². The summed E-state index contributed by atoms with van der Waals surface area (Å²) in [5.41, 5.74) is 2.43. The van der Waals surface area contributed by atoms with E-state index in [2.05, 4.69) is 52.0 Å². The van der Waals surface area contributed by atoms with Crippen LogP contribution in [0.3, 0.4) is 0 Å². The topological polar surface area (TPSA) is 41.1 Å². The van der Waals surface area contributed by atoms with E-state index in [0.29, 0.717) is 6.04 Å². The van der Waals surface area contributed by atoms with E-state index in [1.165, 1.54) is 11.1 Å². The smallest absolute Gasteiger partial charge is 0.146 e. The van der Waals surface area contributed by atoms with E-state index < -0.39 is 0 Å². The number of fused-ring (bicyclic) bond motifs is 1. The number of hydrogen-bond donors (Lipinski definition) is 1. The zero-order chi connectivity index (χ0) is 17.2. The highest BCUT2D eigenvalue weighted by Gasteiger charge is 2.18. The summed E-state index contributed by atoms with van der Waals surface area (Å²) in [7, 11) is 4.09. The molecule has 128 valence electrons. The van der Waals surface area contributed by atoms with Crippen LogP contribution in [0.1, 0.15) is 18.7 Å². The van der Waals surface area contributed by atoms with E-state index >= 15 is 0 Å². The second-order valence-corrected chi connectivity index (χ2v) is 7.56. The molecule has 1 aliphatic rings. The fraction of sp³-hybridized carbons (Fsp3) is 0.300. The van der Waals surface area contributed by atoms with E-state index in [-0.39, 0.29) is 0 Å². The van der Waals surface area contributed by atoms with Crippen LogP contribution in [0.15, 0.2) is 47.9 Å². The molecular weight excluding hydrogens is 328 g/mol. The summed E-state index contributed by atoms with van der Waals surface area (Å²) in [6.45, 7) is 0.742. The number of nitrogens with one attached hydrogen (secondary N) is 1. The van der Waals surface area contributed by atoms with Crippen LogP contribution in [0.25, 0.3) is 21.3 Å². The van der Waals surface area contributed by atoms with Gasteiger partial charge in [0.2, 0.25) is 0 Å². The Morgan fingerprint density at radius 2 is 1.88 bits per heavy atom. The first-order valence-electron chi connectivity index (χ1n) is 8.60. The standard InChI is InChI=1S/C20H22N4S/c1-24(2)12-17-22-19(21-15-10-6-7-11-15)18-16(13-25-20(18)23-17)14-8-4-3-5-9-14/h3-9,13,15H,10-12H2,1-2H3,(H,21,22,23). The van der Waals surface area contributed by atoms with Crippen LogP contribution in [0.5, 0.6) is 0 Å². The molecule has 0 spiro atoms. The van der Waals surface area contributed by atoms with Crippen LogP contribution in [-0.4, -0.2) is 35.0 Å². The van der Waals surface area contributed by atoms with Gasteiger partial charge in [-0.1, -0.05) is 42.5 Å². The Balaban J connectivity index is 1.82. The van der Waals surface area contributed by atoms with Crippen molar-refractivity contribution < 1.29 is 0 Å². The number of hydrogen-bond acceptors (Lipinski definition) is 5. The average Bonchev–Trinajstić information content (AvgIpc) is 3.24. The van der Waals surface area contributed by atoms with Gasteiger partial charge in [-0.05, 0) is 32.5 Å². The first-order chi connectivity index (χ1) is 12.2. The van der Waals surface area contributed by atoms with E-state index in [0.717, 1.165) is 41.2 Å². The zero-order valence-electron chi connectivity index (χ0n) is 14.6. The molecule has 0 fully saturated rings. The predicted octanol–water partition coefficient (Wildman–Crippen LogP) is 4.55. The van der Waals surface area contributed by atoms with Crippen molar-refractivity contribution in [2.75, 3.05) is 19.4 Å². The van der Waals surface area contributed by atoms with Crippen LogP contribution < -0.4 is 5.32 Å². The van der Waals surface area contributed by atoms with Crippen molar-refractivity contribution in [2.24, 2.45) is 0 Å². The van der Waals surface area contributed by atoms with Crippen molar-refractivity contribution in [1.82, 2.24) is 14.9 Å². The molecule has 0 saturated carbocycles. The molecule has 1 N–H and O–H groups in total. The average molecular weight is 350 g/mol. The molecule has 0 radical (unpaired) electrons. The van der Waals surface area contributed by atoms with Gasteiger partial charge in [-0.2, -0.15) is 0 Å². The third kappa shape index (κ3) is 3.43. The van der Waals surface area contributed by atoms with Crippen molar-refractivity contribution in [1.29, 1.82) is 0 Å². The Morgan fingerprint density at radius 3 is 2.60 bits per heavy atom. The summed E-state index contributed by atoms with van der Waals surface area (Å²) in [5.74, 6) is 1.84. The van der Waals surface area contributed by atoms with Crippen LogP contribution in [0.2, 0.25) is 0 Å². The number of anilines is 1. The van der Waals surface area contributed by atoms with Gasteiger partial charge in [0.25, 0.3) is 0 Å². The molecule has 5 heteroatoms. The number of benzene rings is 1. The summed E-state index contributed by atoms with van der Waals surface area (Å²) >= 11 is 1.70. The Hall–Kier alpha value is -2.24. The molecule has 0 aliphatic heterocycles. The predicted molar refractivity (Wildman–Crippen MR) is 106 cm³/mol. The molecule has 2 aromatic heterocycles. The van der Waals surface area contributed by atoms with Gasteiger partial charge in [-0.25, -0.2) is 9.97 Å². The first kappa shape index (κ1) is 16.2. The van der Waals surface area contributed by atoms with Crippen LogP contribution in [-0.2, 0) is 6.54 Å². The summed E-state index contributed by atoms with van der Waals surface area (Å²) in [5, 5.41) is 7.01. The summed E-state index contributed by atoms with van der Waals surface area (Å²) < 4.78 is 0. The Kier molecular flexibility index (Phi) is 4.51. The van der Waals surface area contributed by atoms with Crippen LogP contribution >= 0.6 is 11.3 Å². The van der Waals surface area contributed by atoms with E-state index in [9.17, 15) is 0 Å². The minimum absolute atomic E-state index is 0.425. The Bertz CT molecular complexity index is 891. The van der Waals surface area contributed by atoms with Gasteiger partial charge in [0.05, 0.1) is 11.9 Å². The second-order valence-electron chi connectivity index (χ2n) is 6.71. The quantitative estimate of drug-likeness (QED) is 0.685. The van der Waals surface area contributed by atoms with Crippen molar-refractivity contribution in [3.05, 3.63) is 53.7 Å². The lowest BCUT2D eigenvalue weighted by molar-refractivity contribution is 0.391. The number of aromatic nitrogens is 2. The highest BCUT2D eigenvalue weighted by atomic mass is 32.1. The van der Waals surface area contributed by atoms with Gasteiger partial charge < -0.3 is 10.2 Å². The largest absolute Gasteiger partial charge is 0.366 e. The molecule has 25 heavy (non-hydrogen) atoms. The maximum atomic E-state index is 4.88. The van der Waals surface area contributed by atoms with Crippen molar-refractivity contribution >= 4 is 27.4 Å². The minimum Gasteiger partial charge on any atom is -0.366 e. The summed E-state index contributed by atoms with van der Waals surface area (Å²) in [4.78, 5) is 12.8. The maximum absolute atomic E-state index is 4.88. The normalized spacial score (nSPS) is 14.7. The van der Waals surface area contributed by atoms with E-state index in [1.807, 2.05) is 20.2 Å². The number of rotatable bonds is 5. The molecule has 3 aromatic rings. The van der Waals surface area contributed by atoms with Crippen LogP contribution in [0.4, 0.5) is 5.82 Å². The van der Waals surface area contributed by atoms with Crippen molar-refractivity contribution in [3.8, 4) is 11.1 Å². The molecule has 0 unspecified atom stereocenters. The molecular formula is C20H22N4S. The summed E-state index contributed by atoms with van der Waals surface area (Å²) in [6, 6.07) is 10.9. The van der Waals surface area contributed by atoms with Crippen molar-refractivity contribution in [2.45, 2.75) is 25.4 Å². The molecule has 1 aliphatic carbocycles. The molecule has 0 amide bonds. The highest BCUT2D eigenvalue weighted by molar-refractivity contribution is 7.17. The van der Waals surface area contributed by atoms with Gasteiger partial charge in [0.1, 0.15) is 16.5 Å². The third-order valence-corrected chi connectivity index (χ3v) is 5.24. The van der Waals surface area contributed by atoms with Gasteiger partial charge in [0.15, 0.2) is 0 Å². The lowest BCUT2D eigenvalue weighted by atomic mass is 10.1. The summed E-state index contributed by atoms with van der Waals surface area (Å²) in [6.07, 6.45) is 6.59. The SMILES string of the molecule is CN(C)Cc1nc(NC2CC=CC2)c2c(-c3ccccc3)csc2n1. The zero-order valence-corrected chi connectivity index (χ0v) is 15.4. The molecule has 0 atom stereocenters. The van der Waals surface area contributed by atoms with Crippen LogP contribution in [0, 0.1) is 0 Å². The molecule has 1 aromatic carbocycles. The van der Waals surface area contributed by atoms with E-state index in [1.54, 1.807) is 11.3 Å². The molecule has 4 nitrogen and oxygen atoms in total. The van der Waals surface area contributed by atoms with Gasteiger partial charge in [0, 0.05) is 17.0 Å². The fourth-order valence-corrected chi connectivity index (χ4v) is 4.17. The maximum Gasteiger partial charge on any atom is 0.146 e. The molecule has 0 saturated heterocycles. The minimum atomic E-state index is 0.425. The Labute approximate surface area is 152 Å². The molecule has 0 bridgehead atoms. The molecule has 4 rings (SSSR count). The van der Waals surface area contributed by atoms with Gasteiger partial charge in [-0.15, -0.1) is 11.3 Å². The molecule has 2 heterocycles. The third-order valence-electron chi connectivity index (χ3n) is 4.37. The lowest BCUT2D eigenvalue weighted by Gasteiger charge is -2.16. The fourth-order valence-electron chi connectivity index (χ4n) is 3.20. The highest BCUT2D eigenvalue weighted by Crippen LogP contribution is 2.37. The monoisotopic (exact) mass is 350 g/mol. The second kappa shape index (κ2) is 6.94. The van der Waals surface area contributed by atoms with Gasteiger partial charge >= 0.3 is 0 Å².